The van der Waals surface area contributed by atoms with Gasteiger partial charge in [0.1, 0.15) is 0 Å². The third-order valence-electron chi connectivity index (χ3n) is 18.5. The van der Waals surface area contributed by atoms with Gasteiger partial charge in [0.15, 0.2) is 0 Å². The maximum atomic E-state index is 12.7. The van der Waals surface area contributed by atoms with Gasteiger partial charge >= 0.3 is 42.3 Å². The van der Waals surface area contributed by atoms with E-state index >= 15 is 0 Å². The first-order valence-corrected chi connectivity index (χ1v) is 37.5. The highest BCUT2D eigenvalue weighted by atomic mass is 16.2. The molecule has 1 amide bonds. The molecule has 0 fully saturated rings. The molecule has 520 valence electrons. The predicted octanol–water partition coefficient (Wildman–Crippen LogP) is 13.9. The molecule has 0 radical (unpaired) electrons. The Morgan fingerprint density at radius 2 is 0.689 bits per heavy atom. The van der Waals surface area contributed by atoms with Crippen LogP contribution in [0.1, 0.15) is 263 Å². The van der Waals surface area contributed by atoms with Crippen LogP contribution in [0.25, 0.3) is 10.4 Å². The van der Waals surface area contributed by atoms with Gasteiger partial charge in [-0.1, -0.05) is 171 Å². The van der Waals surface area contributed by atoms with Crippen LogP contribution in [-0.4, -0.2) is 200 Å². The molecule has 23 heteroatoms. The minimum Gasteiger partial charge on any atom is -0.437 e. The number of azide groups is 1. The van der Waals surface area contributed by atoms with Crippen LogP contribution in [0.2, 0.25) is 40.9 Å². The van der Waals surface area contributed by atoms with Crippen LogP contribution in [0.3, 0.4) is 0 Å². The number of carbonyl (C=O) groups is 1. The Bertz CT molecular complexity index is 1630. The molecule has 0 rings (SSSR count). The summed E-state index contributed by atoms with van der Waals surface area (Å²) in [7, 11) is 0.446. The third kappa shape index (κ3) is 57.6. The Kier molecular flexibility index (Phi) is 63.2. The number of nitrogens with zero attached hydrogens (tertiary/aromatic N) is 9. The normalized spacial score (nSPS) is 12.0. The van der Waals surface area contributed by atoms with Crippen LogP contribution in [-0.2, 0) is 4.79 Å². The number of hydrogen-bond acceptors (Lipinski definition) is 14. The Hall–Kier alpha value is -1.83. The standard InChI is InChI=1S/C67H142B6N10O7/c1-68(85)78(7)56-50-62-80(70(3)87)58-46-48-60-82(72(5)89)64-66(65-83(73(6)90)61-49-47-59-81(71(4)88)63-51-57-79(8)69(2)86)52-42-39-41-44-54-75-67(84)53-43-38-36-34-32-30-28-26-24-22-20-18-16-14-12-10-9-11-13-15-17-19-21-23-25-27-29-31-33-35-37-40-45-55-76-77-74/h19-22,66,85-90H,9-18,23-65H2,1-8H3,(H,75,84). The number of amides is 1. The SMILES string of the molecule is CB(O)N(C)CCCN(CCCCN(CC(CCCCCCNC(=O)CCCCCCCCCCC=CCCCCCCCCCCC=CCCCCCCCCCCCN=[N+]=[N-])CN(CCCCN(CCCN(C)B(C)O)B(C)O)B(C)O)B(C)O)B(C)O. The molecule has 0 aliphatic rings. The largest absolute Gasteiger partial charge is 0.437 e. The summed E-state index contributed by atoms with van der Waals surface area (Å²) in [6.07, 6.45) is 57.9. The average molecular weight is 1260 g/mol. The summed E-state index contributed by atoms with van der Waals surface area (Å²) in [6, 6.07) is 0. The second-order valence-electron chi connectivity index (χ2n) is 27.0. The molecule has 0 aromatic carbocycles. The second kappa shape index (κ2) is 64.5. The van der Waals surface area contributed by atoms with E-state index in [9.17, 15) is 34.9 Å². The van der Waals surface area contributed by atoms with Gasteiger partial charge < -0.3 is 64.3 Å². The van der Waals surface area contributed by atoms with Crippen molar-refractivity contribution >= 4 is 48.2 Å². The molecule has 0 spiro atoms. The zero-order valence-electron chi connectivity index (χ0n) is 59.9. The van der Waals surface area contributed by atoms with Crippen molar-refractivity contribution in [2.24, 2.45) is 11.0 Å². The van der Waals surface area contributed by atoms with Crippen LogP contribution in [0, 0.1) is 5.92 Å². The van der Waals surface area contributed by atoms with E-state index < -0.39 is 42.3 Å². The molecule has 0 aromatic heterocycles. The zero-order valence-corrected chi connectivity index (χ0v) is 59.9. The molecule has 0 unspecified atom stereocenters. The van der Waals surface area contributed by atoms with Crippen molar-refractivity contribution in [1.29, 1.82) is 0 Å². The number of carbonyl (C=O) groups excluding carboxylic acids is 1. The fourth-order valence-corrected chi connectivity index (χ4v) is 12.0. The summed E-state index contributed by atoms with van der Waals surface area (Å²) >= 11 is 0. The van der Waals surface area contributed by atoms with Crippen molar-refractivity contribution in [2.75, 3.05) is 92.6 Å². The molecule has 0 heterocycles. The number of allylic oxidation sites excluding steroid dienone is 4. The molecular weight excluding hydrogens is 1120 g/mol. The topological polar surface area (TPSA) is 219 Å². The van der Waals surface area contributed by atoms with Crippen molar-refractivity contribution in [3.63, 3.8) is 0 Å². The Morgan fingerprint density at radius 1 is 0.389 bits per heavy atom. The summed E-state index contributed by atoms with van der Waals surface area (Å²) in [4.78, 5) is 27.8. The van der Waals surface area contributed by atoms with Gasteiger partial charge in [-0.05, 0) is 248 Å². The molecule has 0 aliphatic heterocycles. The van der Waals surface area contributed by atoms with Gasteiger partial charge in [-0.25, -0.2) is 0 Å². The van der Waals surface area contributed by atoms with E-state index in [1.165, 1.54) is 167 Å². The molecule has 0 saturated carbocycles. The summed E-state index contributed by atoms with van der Waals surface area (Å²) in [5.74, 6) is 0.404. The Balaban J connectivity index is 4.42. The summed E-state index contributed by atoms with van der Waals surface area (Å²) in [5, 5.41) is 69.6. The van der Waals surface area contributed by atoms with Crippen molar-refractivity contribution in [2.45, 2.75) is 304 Å². The van der Waals surface area contributed by atoms with Crippen LogP contribution in [0.4, 0.5) is 0 Å². The van der Waals surface area contributed by atoms with Gasteiger partial charge in [0.05, 0.1) is 0 Å². The molecule has 0 aliphatic carbocycles. The molecule has 0 aromatic rings. The molecule has 90 heavy (non-hydrogen) atoms. The van der Waals surface area contributed by atoms with Crippen molar-refractivity contribution < 1.29 is 34.9 Å². The van der Waals surface area contributed by atoms with Gasteiger partial charge in [0.25, 0.3) is 0 Å². The lowest BCUT2D eigenvalue weighted by atomic mass is 9.80. The zero-order chi connectivity index (χ0) is 66.5. The van der Waals surface area contributed by atoms with E-state index in [0.29, 0.717) is 32.6 Å². The van der Waals surface area contributed by atoms with Crippen molar-refractivity contribution in [1.82, 2.24) is 34.2 Å². The van der Waals surface area contributed by atoms with Crippen LogP contribution in [0.5, 0.6) is 0 Å². The third-order valence-corrected chi connectivity index (χ3v) is 18.5. The number of rotatable bonds is 69. The fraction of sp³-hybridized carbons (Fsp3) is 0.925. The van der Waals surface area contributed by atoms with E-state index in [0.717, 1.165) is 142 Å². The predicted molar refractivity (Wildman–Crippen MR) is 393 cm³/mol. The van der Waals surface area contributed by atoms with E-state index in [1.54, 1.807) is 13.6 Å². The van der Waals surface area contributed by atoms with Crippen LogP contribution >= 0.6 is 0 Å². The summed E-state index contributed by atoms with van der Waals surface area (Å²) in [5.41, 5.74) is 8.31. The number of hydrogen-bond donors (Lipinski definition) is 7. The maximum absolute atomic E-state index is 12.7. The number of nitrogens with one attached hydrogen (secondary N) is 1. The summed E-state index contributed by atoms with van der Waals surface area (Å²) in [6.45, 7) is 19.6. The van der Waals surface area contributed by atoms with E-state index in [1.807, 2.05) is 51.0 Å². The highest BCUT2D eigenvalue weighted by molar-refractivity contribution is 6.46. The molecule has 0 bridgehead atoms. The Morgan fingerprint density at radius 3 is 1.03 bits per heavy atom. The van der Waals surface area contributed by atoms with E-state index in [4.69, 9.17) is 5.53 Å². The van der Waals surface area contributed by atoms with Gasteiger partial charge in [0, 0.05) is 24.4 Å². The van der Waals surface area contributed by atoms with Crippen molar-refractivity contribution in [3.8, 4) is 0 Å². The first-order chi connectivity index (χ1) is 43.5. The van der Waals surface area contributed by atoms with Crippen molar-refractivity contribution in [3.05, 3.63) is 34.7 Å². The van der Waals surface area contributed by atoms with Gasteiger partial charge in [-0.3, -0.25) is 4.79 Å². The van der Waals surface area contributed by atoms with E-state index in [-0.39, 0.29) is 11.8 Å². The van der Waals surface area contributed by atoms with Gasteiger partial charge in [-0.2, -0.15) is 0 Å². The smallest absolute Gasteiger partial charge is 0.376 e. The highest BCUT2D eigenvalue weighted by Crippen LogP contribution is 2.19. The monoisotopic (exact) mass is 1270 g/mol. The first kappa shape index (κ1) is 88.2. The van der Waals surface area contributed by atoms with Crippen LogP contribution in [0.15, 0.2) is 29.4 Å². The highest BCUT2D eigenvalue weighted by Gasteiger charge is 2.26. The fourth-order valence-electron chi connectivity index (χ4n) is 12.0. The molecule has 0 atom stereocenters. The molecule has 7 N–H and O–H groups in total. The van der Waals surface area contributed by atoms with Gasteiger partial charge in [-0.15, -0.1) is 0 Å². The lowest BCUT2D eigenvalue weighted by molar-refractivity contribution is -0.121. The van der Waals surface area contributed by atoms with Gasteiger partial charge in [0.2, 0.25) is 5.91 Å². The average Bonchev–Trinajstić information content (AvgIpc) is 3.52. The minimum absolute atomic E-state index is 0.173. The lowest BCUT2D eigenvalue weighted by Crippen LogP contribution is -2.47. The lowest BCUT2D eigenvalue weighted by Gasteiger charge is -2.33. The first-order valence-electron chi connectivity index (χ1n) is 37.5. The molecule has 17 nitrogen and oxygen atoms in total. The Labute approximate surface area is 557 Å². The summed E-state index contributed by atoms with van der Waals surface area (Å²) < 4.78 is 0. The number of unbranched alkanes of at least 4 members (excludes halogenated alkanes) is 31. The molecular formula is C67H142B6N10O7. The van der Waals surface area contributed by atoms with Crippen LogP contribution < -0.4 is 5.32 Å². The maximum Gasteiger partial charge on any atom is 0.376 e. The minimum atomic E-state index is -0.617. The quantitative estimate of drug-likeness (QED) is 0.00754. The molecule has 0 saturated heterocycles. The van der Waals surface area contributed by atoms with E-state index in [2.05, 4.69) is 58.9 Å². The second-order valence-corrected chi connectivity index (χ2v) is 27.0.